The van der Waals surface area contributed by atoms with Crippen molar-refractivity contribution in [2.24, 2.45) is 0 Å². The lowest BCUT2D eigenvalue weighted by molar-refractivity contribution is -0.129. The highest BCUT2D eigenvalue weighted by atomic mass is 16.3. The second kappa shape index (κ2) is 6.16. The van der Waals surface area contributed by atoms with Gasteiger partial charge in [-0.25, -0.2) is 0 Å². The van der Waals surface area contributed by atoms with Crippen LogP contribution >= 0.6 is 0 Å². The van der Waals surface area contributed by atoms with Crippen molar-refractivity contribution in [2.45, 2.75) is 19.6 Å². The zero-order valence-electron chi connectivity index (χ0n) is 10.8. The van der Waals surface area contributed by atoms with E-state index >= 15 is 0 Å². The van der Waals surface area contributed by atoms with Gasteiger partial charge in [-0.15, -0.1) is 0 Å². The van der Waals surface area contributed by atoms with Crippen LogP contribution < -0.4 is 5.32 Å². The second-order valence-electron chi connectivity index (χ2n) is 4.52. The Morgan fingerprint density at radius 2 is 1.74 bits per heavy atom. The van der Waals surface area contributed by atoms with E-state index in [1.54, 1.807) is 12.1 Å². The van der Waals surface area contributed by atoms with Gasteiger partial charge in [0.05, 0.1) is 0 Å². The molecular weight excluding hydrogens is 238 g/mol. The molecule has 19 heavy (non-hydrogen) atoms. The van der Waals surface area contributed by atoms with Crippen LogP contribution in [0.15, 0.2) is 54.6 Å². The topological polar surface area (TPSA) is 49.3 Å². The van der Waals surface area contributed by atoms with Crippen LogP contribution in [-0.2, 0) is 11.3 Å². The fraction of sp³-hybridized carbons (Fsp3) is 0.188. The molecule has 0 aromatic heterocycles. The summed E-state index contributed by atoms with van der Waals surface area (Å²) < 4.78 is 0. The minimum Gasteiger partial charge on any atom is -0.378 e. The van der Waals surface area contributed by atoms with Gasteiger partial charge >= 0.3 is 0 Å². The Bertz CT molecular complexity index is 534. The van der Waals surface area contributed by atoms with Crippen molar-refractivity contribution in [2.75, 3.05) is 0 Å². The minimum atomic E-state index is -1.12. The highest BCUT2D eigenvalue weighted by Crippen LogP contribution is 2.13. The number of rotatable bonds is 4. The van der Waals surface area contributed by atoms with E-state index in [0.29, 0.717) is 12.1 Å². The number of hydrogen-bond donors (Lipinski definition) is 2. The SMILES string of the molecule is Cc1ccc([C@H](O)C(=O)NCc2ccccc2)cc1. The molecule has 0 aliphatic carbocycles. The lowest BCUT2D eigenvalue weighted by atomic mass is 10.1. The maximum absolute atomic E-state index is 11.8. The lowest BCUT2D eigenvalue weighted by Crippen LogP contribution is -2.28. The molecular formula is C16H17NO2. The molecule has 0 bridgehead atoms. The Labute approximate surface area is 112 Å². The average molecular weight is 255 g/mol. The molecule has 1 amide bonds. The smallest absolute Gasteiger partial charge is 0.253 e. The van der Waals surface area contributed by atoms with E-state index in [1.807, 2.05) is 49.4 Å². The zero-order valence-corrected chi connectivity index (χ0v) is 10.8. The molecule has 98 valence electrons. The van der Waals surface area contributed by atoms with Gasteiger partial charge in [0.15, 0.2) is 6.10 Å². The van der Waals surface area contributed by atoms with E-state index in [1.165, 1.54) is 0 Å². The highest BCUT2D eigenvalue weighted by Gasteiger charge is 2.16. The van der Waals surface area contributed by atoms with Crippen LogP contribution in [0.1, 0.15) is 22.8 Å². The molecule has 0 unspecified atom stereocenters. The van der Waals surface area contributed by atoms with Crippen LogP contribution in [0.2, 0.25) is 0 Å². The summed E-state index contributed by atoms with van der Waals surface area (Å²) in [6, 6.07) is 16.9. The van der Waals surface area contributed by atoms with Crippen LogP contribution in [-0.4, -0.2) is 11.0 Å². The van der Waals surface area contributed by atoms with Crippen LogP contribution in [0.4, 0.5) is 0 Å². The third-order valence-electron chi connectivity index (χ3n) is 2.95. The van der Waals surface area contributed by atoms with Crippen LogP contribution in [0.3, 0.4) is 0 Å². The number of hydrogen-bond acceptors (Lipinski definition) is 2. The van der Waals surface area contributed by atoms with Crippen LogP contribution in [0.5, 0.6) is 0 Å². The molecule has 2 aromatic carbocycles. The Balaban J connectivity index is 1.94. The third-order valence-corrected chi connectivity index (χ3v) is 2.95. The molecule has 2 rings (SSSR count). The van der Waals surface area contributed by atoms with Gasteiger partial charge in [0.2, 0.25) is 0 Å². The first-order valence-electron chi connectivity index (χ1n) is 6.23. The molecule has 0 aliphatic rings. The molecule has 0 radical (unpaired) electrons. The standard InChI is InChI=1S/C16H17NO2/c1-12-7-9-14(10-8-12)15(18)16(19)17-11-13-5-3-2-4-6-13/h2-10,15,18H,11H2,1H3,(H,17,19)/t15-/m0/s1. The first-order chi connectivity index (χ1) is 9.16. The first kappa shape index (κ1) is 13.3. The molecule has 0 aliphatic heterocycles. The number of nitrogens with one attached hydrogen (secondary N) is 1. The van der Waals surface area contributed by atoms with Gasteiger partial charge in [-0.2, -0.15) is 0 Å². The molecule has 3 heteroatoms. The van der Waals surface area contributed by atoms with Gasteiger partial charge in [-0.1, -0.05) is 60.2 Å². The maximum atomic E-state index is 11.8. The number of amides is 1. The van der Waals surface area contributed by atoms with Crippen molar-refractivity contribution in [3.05, 3.63) is 71.3 Å². The van der Waals surface area contributed by atoms with E-state index in [2.05, 4.69) is 5.32 Å². The van der Waals surface area contributed by atoms with E-state index in [4.69, 9.17) is 0 Å². The lowest BCUT2D eigenvalue weighted by Gasteiger charge is -2.12. The van der Waals surface area contributed by atoms with E-state index in [9.17, 15) is 9.90 Å². The quantitative estimate of drug-likeness (QED) is 0.881. The van der Waals surface area contributed by atoms with Crippen molar-refractivity contribution in [1.82, 2.24) is 5.32 Å². The fourth-order valence-electron chi connectivity index (χ4n) is 1.78. The summed E-state index contributed by atoms with van der Waals surface area (Å²) in [7, 11) is 0. The Morgan fingerprint density at radius 3 is 2.37 bits per heavy atom. The molecule has 0 fully saturated rings. The number of benzene rings is 2. The van der Waals surface area contributed by atoms with E-state index < -0.39 is 6.10 Å². The molecule has 3 nitrogen and oxygen atoms in total. The number of aliphatic hydroxyl groups is 1. The van der Waals surface area contributed by atoms with Crippen LogP contribution in [0.25, 0.3) is 0 Å². The van der Waals surface area contributed by atoms with E-state index in [0.717, 1.165) is 11.1 Å². The first-order valence-corrected chi connectivity index (χ1v) is 6.23. The van der Waals surface area contributed by atoms with E-state index in [-0.39, 0.29) is 5.91 Å². The average Bonchev–Trinajstić information content (AvgIpc) is 2.46. The highest BCUT2D eigenvalue weighted by molar-refractivity contribution is 5.81. The summed E-state index contributed by atoms with van der Waals surface area (Å²) in [6.07, 6.45) is -1.12. The monoisotopic (exact) mass is 255 g/mol. The minimum absolute atomic E-state index is 0.382. The summed E-state index contributed by atoms with van der Waals surface area (Å²) in [5, 5.41) is 12.7. The van der Waals surface area contributed by atoms with Gasteiger partial charge in [0.25, 0.3) is 5.91 Å². The molecule has 2 aromatic rings. The maximum Gasteiger partial charge on any atom is 0.253 e. The molecule has 0 spiro atoms. The third kappa shape index (κ3) is 3.66. The number of carbonyl (C=O) groups excluding carboxylic acids is 1. The van der Waals surface area contributed by atoms with Crippen LogP contribution in [0, 0.1) is 6.92 Å². The Hall–Kier alpha value is -2.13. The van der Waals surface area contributed by atoms with Gasteiger partial charge in [-0.05, 0) is 18.1 Å². The molecule has 2 N–H and O–H groups in total. The summed E-state index contributed by atoms with van der Waals surface area (Å²) in [4.78, 5) is 11.8. The van der Waals surface area contributed by atoms with Crippen molar-refractivity contribution >= 4 is 5.91 Å². The zero-order chi connectivity index (χ0) is 13.7. The van der Waals surface area contributed by atoms with Gasteiger partial charge in [0, 0.05) is 6.54 Å². The fourth-order valence-corrected chi connectivity index (χ4v) is 1.78. The Morgan fingerprint density at radius 1 is 1.11 bits per heavy atom. The molecule has 0 saturated carbocycles. The normalized spacial score (nSPS) is 11.9. The number of aryl methyl sites for hydroxylation is 1. The second-order valence-corrected chi connectivity index (χ2v) is 4.52. The summed E-state index contributed by atoms with van der Waals surface area (Å²) in [6.45, 7) is 2.38. The largest absolute Gasteiger partial charge is 0.378 e. The van der Waals surface area contributed by atoms with Crippen molar-refractivity contribution in [3.8, 4) is 0 Å². The Kier molecular flexibility index (Phi) is 4.31. The summed E-state index contributed by atoms with van der Waals surface area (Å²) >= 11 is 0. The van der Waals surface area contributed by atoms with Gasteiger partial charge in [0.1, 0.15) is 0 Å². The van der Waals surface area contributed by atoms with Gasteiger partial charge in [-0.3, -0.25) is 4.79 Å². The number of carbonyl (C=O) groups is 1. The van der Waals surface area contributed by atoms with Gasteiger partial charge < -0.3 is 10.4 Å². The van der Waals surface area contributed by atoms with Crippen molar-refractivity contribution < 1.29 is 9.90 Å². The summed E-state index contributed by atoms with van der Waals surface area (Å²) in [5.41, 5.74) is 2.71. The molecule has 1 atom stereocenters. The molecule has 0 heterocycles. The molecule has 0 saturated heterocycles. The summed E-state index contributed by atoms with van der Waals surface area (Å²) in [5.74, 6) is -0.382. The van der Waals surface area contributed by atoms with Crippen molar-refractivity contribution in [1.29, 1.82) is 0 Å². The predicted octanol–water partition coefficient (Wildman–Crippen LogP) is 2.34. The number of aliphatic hydroxyl groups excluding tert-OH is 1. The van der Waals surface area contributed by atoms with Crippen molar-refractivity contribution in [3.63, 3.8) is 0 Å². The predicted molar refractivity (Wildman–Crippen MR) is 74.4 cm³/mol.